The molecule has 1 aromatic rings. The van der Waals surface area contributed by atoms with Gasteiger partial charge in [0.05, 0.1) is 12.8 Å². The molecule has 12 heavy (non-hydrogen) atoms. The third-order valence-electron chi connectivity index (χ3n) is 1.71. The summed E-state index contributed by atoms with van der Waals surface area (Å²) in [5.74, 6) is 0.797. The summed E-state index contributed by atoms with van der Waals surface area (Å²) in [4.78, 5) is 1.55. The van der Waals surface area contributed by atoms with E-state index in [0.29, 0.717) is 0 Å². The van der Waals surface area contributed by atoms with Crippen LogP contribution in [0.4, 0.5) is 5.69 Å². The van der Waals surface area contributed by atoms with Crippen LogP contribution < -0.4 is 9.55 Å². The van der Waals surface area contributed by atoms with Crippen molar-refractivity contribution in [3.05, 3.63) is 23.8 Å². The van der Waals surface area contributed by atoms with Crippen LogP contribution >= 0.6 is 0 Å². The molecule has 1 rings (SSSR count). The van der Waals surface area contributed by atoms with Gasteiger partial charge in [-0.25, -0.2) is 0 Å². The molecule has 0 saturated carbocycles. The number of rotatable bonds is 2. The van der Waals surface area contributed by atoms with Crippen LogP contribution in [0.1, 0.15) is 5.56 Å². The second kappa shape index (κ2) is 3.52. The lowest BCUT2D eigenvalue weighted by molar-refractivity contribution is 0.416. The first-order valence-corrected chi connectivity index (χ1v) is 3.78. The van der Waals surface area contributed by atoms with Gasteiger partial charge in [-0.1, -0.05) is 6.07 Å². The Morgan fingerprint density at radius 2 is 2.08 bits per heavy atom. The molecule has 0 aliphatic heterocycles. The topological polar surface area (TPSA) is 12.5 Å². The third kappa shape index (κ3) is 1.73. The summed E-state index contributed by atoms with van der Waals surface area (Å²) < 4.78 is 5.14. The van der Waals surface area contributed by atoms with Gasteiger partial charge in [0, 0.05) is 0 Å². The first kappa shape index (κ1) is 8.98. The normalized spacial score (nSPS) is 9.58. The smallest absolute Gasteiger partial charge is 0.226 e. The standard InChI is InChI=1S/C9H12BNO/c1-7-4-5-9(12-3)8(6-7)11(2)10/h4-6H,1-3H3. The van der Waals surface area contributed by atoms with Crippen LogP contribution in [0.15, 0.2) is 18.2 Å². The molecular weight excluding hydrogens is 149 g/mol. The van der Waals surface area contributed by atoms with E-state index in [1.165, 1.54) is 5.56 Å². The van der Waals surface area contributed by atoms with Crippen molar-refractivity contribution in [2.45, 2.75) is 6.92 Å². The van der Waals surface area contributed by atoms with Crippen LogP contribution in [-0.4, -0.2) is 22.1 Å². The summed E-state index contributed by atoms with van der Waals surface area (Å²) in [6.45, 7) is 2.02. The molecule has 0 spiro atoms. The lowest BCUT2D eigenvalue weighted by Gasteiger charge is -2.17. The first-order chi connectivity index (χ1) is 5.65. The highest BCUT2D eigenvalue weighted by atomic mass is 16.5. The Morgan fingerprint density at radius 1 is 1.42 bits per heavy atom. The van der Waals surface area contributed by atoms with Crippen LogP contribution in [0.25, 0.3) is 0 Å². The van der Waals surface area contributed by atoms with Crippen molar-refractivity contribution in [2.75, 3.05) is 19.0 Å². The van der Waals surface area contributed by atoms with Gasteiger partial charge in [0.2, 0.25) is 7.98 Å². The van der Waals surface area contributed by atoms with Gasteiger partial charge >= 0.3 is 0 Å². The van der Waals surface area contributed by atoms with E-state index in [1.807, 2.05) is 25.1 Å². The lowest BCUT2D eigenvalue weighted by Crippen LogP contribution is -2.12. The molecule has 0 aliphatic rings. The van der Waals surface area contributed by atoms with Crippen LogP contribution in [0.2, 0.25) is 0 Å². The van der Waals surface area contributed by atoms with Crippen LogP contribution in [0.3, 0.4) is 0 Å². The Labute approximate surface area is 74.6 Å². The fraction of sp³-hybridized carbons (Fsp3) is 0.333. The molecule has 0 amide bonds. The van der Waals surface area contributed by atoms with Crippen LogP contribution in [-0.2, 0) is 0 Å². The number of hydrogen-bond donors (Lipinski definition) is 0. The van der Waals surface area contributed by atoms with E-state index in [1.54, 1.807) is 19.0 Å². The van der Waals surface area contributed by atoms with E-state index in [-0.39, 0.29) is 0 Å². The van der Waals surface area contributed by atoms with Crippen molar-refractivity contribution in [1.82, 2.24) is 0 Å². The summed E-state index contributed by atoms with van der Waals surface area (Å²) >= 11 is 0. The Hall–Kier alpha value is -1.12. The van der Waals surface area contributed by atoms with Gasteiger partial charge in [-0.3, -0.25) is 0 Å². The highest BCUT2D eigenvalue weighted by molar-refractivity contribution is 6.18. The zero-order valence-electron chi connectivity index (χ0n) is 7.66. The number of hydrogen-bond acceptors (Lipinski definition) is 2. The molecule has 62 valence electrons. The van der Waals surface area contributed by atoms with E-state index >= 15 is 0 Å². The van der Waals surface area contributed by atoms with Crippen molar-refractivity contribution in [1.29, 1.82) is 0 Å². The predicted molar refractivity (Wildman–Crippen MR) is 51.9 cm³/mol. The van der Waals surface area contributed by atoms with Gasteiger partial charge in [-0.05, 0) is 31.7 Å². The van der Waals surface area contributed by atoms with Gasteiger partial charge in [0.1, 0.15) is 5.75 Å². The molecule has 0 aromatic heterocycles. The SMILES string of the molecule is [B]N(C)c1cc(C)ccc1OC. The van der Waals surface area contributed by atoms with Gasteiger partial charge in [0.15, 0.2) is 0 Å². The number of benzene rings is 1. The van der Waals surface area contributed by atoms with E-state index in [0.717, 1.165) is 11.4 Å². The number of aryl methyl sites for hydroxylation is 1. The molecule has 2 nitrogen and oxygen atoms in total. The molecule has 0 atom stereocenters. The maximum atomic E-state index is 5.61. The average Bonchev–Trinajstić information content (AvgIpc) is 2.04. The van der Waals surface area contributed by atoms with Gasteiger partial charge < -0.3 is 9.55 Å². The number of nitrogens with zero attached hydrogens (tertiary/aromatic N) is 1. The van der Waals surface area contributed by atoms with Gasteiger partial charge in [-0.15, -0.1) is 0 Å². The number of anilines is 1. The van der Waals surface area contributed by atoms with Crippen molar-refractivity contribution in [3.63, 3.8) is 0 Å². The molecule has 2 radical (unpaired) electrons. The second-order valence-electron chi connectivity index (χ2n) is 2.79. The highest BCUT2D eigenvalue weighted by Gasteiger charge is 2.03. The first-order valence-electron chi connectivity index (χ1n) is 3.78. The zero-order valence-corrected chi connectivity index (χ0v) is 7.66. The van der Waals surface area contributed by atoms with E-state index in [4.69, 9.17) is 12.7 Å². The molecule has 0 heterocycles. The summed E-state index contributed by atoms with van der Waals surface area (Å²) in [6.07, 6.45) is 0. The van der Waals surface area contributed by atoms with Crippen molar-refractivity contribution in [2.24, 2.45) is 0 Å². The quantitative estimate of drug-likeness (QED) is 0.609. The Kier molecular flexibility index (Phi) is 2.63. The van der Waals surface area contributed by atoms with E-state index in [2.05, 4.69) is 0 Å². The second-order valence-corrected chi connectivity index (χ2v) is 2.79. The molecule has 0 aliphatic carbocycles. The van der Waals surface area contributed by atoms with E-state index < -0.39 is 0 Å². The van der Waals surface area contributed by atoms with Crippen molar-refractivity contribution < 1.29 is 4.74 Å². The summed E-state index contributed by atoms with van der Waals surface area (Å²) in [6, 6.07) is 5.89. The lowest BCUT2D eigenvalue weighted by atomic mass is 10.1. The Morgan fingerprint density at radius 3 is 2.58 bits per heavy atom. The maximum Gasteiger partial charge on any atom is 0.226 e. The number of ether oxygens (including phenoxy) is 1. The van der Waals surface area contributed by atoms with Gasteiger partial charge in [-0.2, -0.15) is 0 Å². The summed E-state index contributed by atoms with van der Waals surface area (Å²) in [5.41, 5.74) is 2.07. The van der Waals surface area contributed by atoms with Crippen LogP contribution in [0, 0.1) is 6.92 Å². The molecule has 3 heteroatoms. The van der Waals surface area contributed by atoms with Crippen molar-refractivity contribution >= 4 is 13.7 Å². The maximum absolute atomic E-state index is 5.61. The Balaban J connectivity index is 3.12. The fourth-order valence-electron chi connectivity index (χ4n) is 1.08. The third-order valence-corrected chi connectivity index (χ3v) is 1.71. The van der Waals surface area contributed by atoms with E-state index in [9.17, 15) is 0 Å². The number of methoxy groups -OCH3 is 1. The van der Waals surface area contributed by atoms with Gasteiger partial charge in [0.25, 0.3) is 0 Å². The molecular formula is C9H12BNO. The summed E-state index contributed by atoms with van der Waals surface area (Å²) in [7, 11) is 9.04. The summed E-state index contributed by atoms with van der Waals surface area (Å²) in [5, 5.41) is 0. The zero-order chi connectivity index (χ0) is 9.14. The fourth-order valence-corrected chi connectivity index (χ4v) is 1.08. The molecule has 0 fully saturated rings. The minimum Gasteiger partial charge on any atom is -0.495 e. The average molecular weight is 161 g/mol. The van der Waals surface area contributed by atoms with Crippen molar-refractivity contribution in [3.8, 4) is 5.75 Å². The Bertz CT molecular complexity index is 273. The molecule has 0 N–H and O–H groups in total. The minimum atomic E-state index is 0.797. The predicted octanol–water partition coefficient (Wildman–Crippen LogP) is 1.52. The molecule has 0 saturated heterocycles. The van der Waals surface area contributed by atoms with Crippen LogP contribution in [0.5, 0.6) is 5.75 Å². The largest absolute Gasteiger partial charge is 0.495 e. The minimum absolute atomic E-state index is 0.797. The molecule has 0 unspecified atom stereocenters. The highest BCUT2D eigenvalue weighted by Crippen LogP contribution is 2.26. The monoisotopic (exact) mass is 161 g/mol. The molecule has 1 aromatic carbocycles. The molecule has 0 bridgehead atoms.